The Morgan fingerprint density at radius 3 is 2.62 bits per heavy atom. The van der Waals surface area contributed by atoms with E-state index in [1.54, 1.807) is 19.9 Å². The molecule has 1 N–H and O–H groups in total. The van der Waals surface area contributed by atoms with Crippen LogP contribution in [0.1, 0.15) is 20.8 Å². The number of carbonyl (C=O) groups excluding carboxylic acids is 1. The SMILES string of the molecule is C=CCN/C(C)=C(/C)C(=O)OCC. The van der Waals surface area contributed by atoms with Crippen molar-refractivity contribution in [2.45, 2.75) is 20.8 Å². The number of carbonyl (C=O) groups is 1. The highest BCUT2D eigenvalue weighted by Crippen LogP contribution is 2.02. The zero-order valence-electron chi connectivity index (χ0n) is 8.52. The second-order valence-electron chi connectivity index (χ2n) is 2.64. The molecule has 0 saturated heterocycles. The van der Waals surface area contributed by atoms with E-state index in [-0.39, 0.29) is 5.97 Å². The van der Waals surface area contributed by atoms with Crippen LogP contribution in [0.3, 0.4) is 0 Å². The number of allylic oxidation sites excluding steroid dienone is 1. The van der Waals surface area contributed by atoms with Gasteiger partial charge in [0.05, 0.1) is 12.2 Å². The minimum atomic E-state index is -0.267. The Labute approximate surface area is 79.5 Å². The molecule has 3 heteroatoms. The Hall–Kier alpha value is -1.25. The van der Waals surface area contributed by atoms with Crippen LogP contribution in [0, 0.1) is 0 Å². The maximum Gasteiger partial charge on any atom is 0.335 e. The van der Waals surface area contributed by atoms with Crippen molar-refractivity contribution >= 4 is 5.97 Å². The topological polar surface area (TPSA) is 38.3 Å². The molecule has 0 bridgehead atoms. The molecule has 0 atom stereocenters. The summed E-state index contributed by atoms with van der Waals surface area (Å²) in [6, 6.07) is 0. The van der Waals surface area contributed by atoms with Crippen LogP contribution in [-0.2, 0) is 9.53 Å². The van der Waals surface area contributed by atoms with Gasteiger partial charge in [-0.2, -0.15) is 0 Å². The van der Waals surface area contributed by atoms with Crippen LogP contribution in [0.25, 0.3) is 0 Å². The number of ether oxygens (including phenoxy) is 1. The van der Waals surface area contributed by atoms with Gasteiger partial charge in [0.2, 0.25) is 0 Å². The van der Waals surface area contributed by atoms with Gasteiger partial charge in [0.1, 0.15) is 0 Å². The predicted octanol–water partition coefficient (Wildman–Crippen LogP) is 1.62. The molecule has 0 saturated carbocycles. The Kier molecular flexibility index (Phi) is 5.68. The van der Waals surface area contributed by atoms with Crippen molar-refractivity contribution in [3.8, 4) is 0 Å². The van der Waals surface area contributed by atoms with Crippen molar-refractivity contribution in [1.82, 2.24) is 5.32 Å². The molecule has 0 aromatic heterocycles. The predicted molar refractivity (Wildman–Crippen MR) is 53.2 cm³/mol. The van der Waals surface area contributed by atoms with Crippen LogP contribution in [0.5, 0.6) is 0 Å². The molecule has 0 fully saturated rings. The normalized spacial score (nSPS) is 11.6. The lowest BCUT2D eigenvalue weighted by Crippen LogP contribution is -2.16. The van der Waals surface area contributed by atoms with Crippen LogP contribution >= 0.6 is 0 Å². The van der Waals surface area contributed by atoms with Gasteiger partial charge in [0.25, 0.3) is 0 Å². The van der Waals surface area contributed by atoms with Gasteiger partial charge in [0, 0.05) is 12.2 Å². The average Bonchev–Trinajstić information content (AvgIpc) is 2.13. The summed E-state index contributed by atoms with van der Waals surface area (Å²) in [4.78, 5) is 11.2. The van der Waals surface area contributed by atoms with Crippen LogP contribution in [0.4, 0.5) is 0 Å². The molecular formula is C10H17NO2. The molecule has 0 aromatic carbocycles. The molecule has 0 radical (unpaired) electrons. The second kappa shape index (κ2) is 6.29. The van der Waals surface area contributed by atoms with Crippen molar-refractivity contribution in [2.75, 3.05) is 13.2 Å². The molecule has 0 aromatic rings. The van der Waals surface area contributed by atoms with Gasteiger partial charge >= 0.3 is 5.97 Å². The third kappa shape index (κ3) is 4.35. The summed E-state index contributed by atoms with van der Waals surface area (Å²) in [5.74, 6) is -0.267. The van der Waals surface area contributed by atoms with Crippen molar-refractivity contribution in [1.29, 1.82) is 0 Å². The lowest BCUT2D eigenvalue weighted by molar-refractivity contribution is -0.138. The molecule has 3 nitrogen and oxygen atoms in total. The minimum absolute atomic E-state index is 0.267. The maximum atomic E-state index is 11.2. The molecule has 0 aliphatic rings. The van der Waals surface area contributed by atoms with Crippen molar-refractivity contribution in [3.63, 3.8) is 0 Å². The molecule has 0 heterocycles. The highest BCUT2D eigenvalue weighted by atomic mass is 16.5. The van der Waals surface area contributed by atoms with Gasteiger partial charge in [-0.05, 0) is 20.8 Å². The van der Waals surface area contributed by atoms with Crippen molar-refractivity contribution < 1.29 is 9.53 Å². The Balaban J connectivity index is 4.23. The highest BCUT2D eigenvalue weighted by molar-refractivity contribution is 5.88. The van der Waals surface area contributed by atoms with Gasteiger partial charge in [-0.15, -0.1) is 6.58 Å². The fourth-order valence-electron chi connectivity index (χ4n) is 0.750. The van der Waals surface area contributed by atoms with E-state index < -0.39 is 0 Å². The summed E-state index contributed by atoms with van der Waals surface area (Å²) in [6.45, 7) is 10.0. The first-order valence-corrected chi connectivity index (χ1v) is 4.32. The van der Waals surface area contributed by atoms with E-state index in [0.717, 1.165) is 5.70 Å². The van der Waals surface area contributed by atoms with Gasteiger partial charge in [-0.25, -0.2) is 4.79 Å². The molecule has 0 aliphatic carbocycles. The van der Waals surface area contributed by atoms with Gasteiger partial charge in [-0.1, -0.05) is 6.08 Å². The third-order valence-corrected chi connectivity index (χ3v) is 1.66. The summed E-state index contributed by atoms with van der Waals surface area (Å²) >= 11 is 0. The van der Waals surface area contributed by atoms with E-state index in [2.05, 4.69) is 11.9 Å². The first kappa shape index (κ1) is 11.8. The summed E-state index contributed by atoms with van der Waals surface area (Å²) in [6.07, 6.45) is 1.74. The second-order valence-corrected chi connectivity index (χ2v) is 2.64. The Morgan fingerprint density at radius 1 is 1.54 bits per heavy atom. The van der Waals surface area contributed by atoms with Crippen LogP contribution in [0.15, 0.2) is 23.9 Å². The van der Waals surface area contributed by atoms with E-state index >= 15 is 0 Å². The Morgan fingerprint density at radius 2 is 2.15 bits per heavy atom. The van der Waals surface area contributed by atoms with E-state index in [1.807, 2.05) is 6.92 Å². The van der Waals surface area contributed by atoms with Gasteiger partial charge < -0.3 is 10.1 Å². The smallest absolute Gasteiger partial charge is 0.335 e. The van der Waals surface area contributed by atoms with Crippen LogP contribution in [0.2, 0.25) is 0 Å². The molecule has 0 spiro atoms. The van der Waals surface area contributed by atoms with Crippen LogP contribution < -0.4 is 5.32 Å². The van der Waals surface area contributed by atoms with Crippen molar-refractivity contribution in [2.24, 2.45) is 0 Å². The largest absolute Gasteiger partial charge is 0.463 e. The van der Waals surface area contributed by atoms with E-state index in [1.165, 1.54) is 0 Å². The number of hydrogen-bond acceptors (Lipinski definition) is 3. The zero-order chi connectivity index (χ0) is 10.3. The molecular weight excluding hydrogens is 166 g/mol. The monoisotopic (exact) mass is 183 g/mol. The first-order chi connectivity index (χ1) is 6.13. The summed E-state index contributed by atoms with van der Waals surface area (Å²) in [5.41, 5.74) is 1.45. The standard InChI is InChI=1S/C10H17NO2/c1-5-7-11-9(4)8(3)10(12)13-6-2/h5,11H,1,6-7H2,2-4H3/b9-8-. The number of nitrogens with one attached hydrogen (secondary N) is 1. The minimum Gasteiger partial charge on any atom is -0.463 e. The van der Waals surface area contributed by atoms with E-state index in [0.29, 0.717) is 18.7 Å². The van der Waals surface area contributed by atoms with Crippen LogP contribution in [-0.4, -0.2) is 19.1 Å². The molecule has 0 aliphatic heterocycles. The fourth-order valence-corrected chi connectivity index (χ4v) is 0.750. The Bertz CT molecular complexity index is 219. The quantitative estimate of drug-likeness (QED) is 0.400. The summed E-state index contributed by atoms with van der Waals surface area (Å²) in [7, 11) is 0. The molecule has 0 amide bonds. The zero-order valence-corrected chi connectivity index (χ0v) is 8.52. The number of hydrogen-bond donors (Lipinski definition) is 1. The van der Waals surface area contributed by atoms with E-state index in [4.69, 9.17) is 4.74 Å². The van der Waals surface area contributed by atoms with Gasteiger partial charge in [0.15, 0.2) is 0 Å². The third-order valence-electron chi connectivity index (χ3n) is 1.66. The fraction of sp³-hybridized carbons (Fsp3) is 0.500. The van der Waals surface area contributed by atoms with E-state index in [9.17, 15) is 4.79 Å². The summed E-state index contributed by atoms with van der Waals surface area (Å²) < 4.78 is 4.84. The molecule has 0 rings (SSSR count). The lowest BCUT2D eigenvalue weighted by Gasteiger charge is -2.07. The van der Waals surface area contributed by atoms with Crippen molar-refractivity contribution in [3.05, 3.63) is 23.9 Å². The summed E-state index contributed by atoms with van der Waals surface area (Å²) in [5, 5.41) is 3.03. The molecule has 13 heavy (non-hydrogen) atoms. The number of rotatable bonds is 5. The molecule has 74 valence electrons. The first-order valence-electron chi connectivity index (χ1n) is 4.32. The number of esters is 1. The average molecular weight is 183 g/mol. The highest BCUT2D eigenvalue weighted by Gasteiger charge is 2.07. The van der Waals surface area contributed by atoms with Gasteiger partial charge in [-0.3, -0.25) is 0 Å². The lowest BCUT2D eigenvalue weighted by atomic mass is 10.2. The molecule has 0 unspecified atom stereocenters. The maximum absolute atomic E-state index is 11.2.